The van der Waals surface area contributed by atoms with E-state index in [1.54, 1.807) is 0 Å². The fourth-order valence-electron chi connectivity index (χ4n) is 4.16. The molecule has 0 unspecified atom stereocenters. The molecule has 0 heterocycles. The smallest absolute Gasteiger partial charge is 0.119 e. The lowest BCUT2D eigenvalue weighted by atomic mass is 9.93. The third-order valence-electron chi connectivity index (χ3n) is 6.09. The second kappa shape index (κ2) is 10.8. The largest absolute Gasteiger partial charge is 0.494 e. The normalized spacial score (nSPS) is 11.8. The molecule has 4 rings (SSSR count). The molecule has 0 aromatic heterocycles. The summed E-state index contributed by atoms with van der Waals surface area (Å²) in [5.41, 5.74) is 8.06. The van der Waals surface area contributed by atoms with Gasteiger partial charge in [0, 0.05) is 0 Å². The van der Waals surface area contributed by atoms with Crippen LogP contribution in [0.3, 0.4) is 0 Å². The molecule has 0 saturated carbocycles. The van der Waals surface area contributed by atoms with Crippen molar-refractivity contribution in [2.24, 2.45) is 0 Å². The van der Waals surface area contributed by atoms with Gasteiger partial charge >= 0.3 is 0 Å². The standard InChI is InChI=1S/C31H32O/c1-3-32-31-21-19-30(20-22-31)29-17-15-26(16-18-29)10-9-25-11-13-27(14-12-25)23-24(2)28-7-5-4-6-8-28/h4-8,11-22,24H,3,9-10,23H2,1-2H3/t24-/m1/s1. The highest BCUT2D eigenvalue weighted by Gasteiger charge is 2.06. The minimum atomic E-state index is 0.538. The van der Waals surface area contributed by atoms with Crippen molar-refractivity contribution in [2.75, 3.05) is 6.61 Å². The second-order valence-corrected chi connectivity index (χ2v) is 8.49. The molecule has 1 atom stereocenters. The third-order valence-corrected chi connectivity index (χ3v) is 6.09. The summed E-state index contributed by atoms with van der Waals surface area (Å²) in [6.45, 7) is 5.01. The summed E-state index contributed by atoms with van der Waals surface area (Å²) in [5.74, 6) is 1.46. The first-order valence-electron chi connectivity index (χ1n) is 11.7. The Labute approximate surface area is 192 Å². The Morgan fingerprint density at radius 1 is 0.594 bits per heavy atom. The van der Waals surface area contributed by atoms with Crippen LogP contribution in [0.15, 0.2) is 103 Å². The zero-order chi connectivity index (χ0) is 22.2. The van der Waals surface area contributed by atoms with Crippen molar-refractivity contribution in [3.8, 4) is 16.9 Å². The first kappa shape index (κ1) is 21.9. The highest BCUT2D eigenvalue weighted by molar-refractivity contribution is 5.64. The summed E-state index contributed by atoms with van der Waals surface area (Å²) < 4.78 is 5.54. The molecule has 1 heteroatoms. The Morgan fingerprint density at radius 2 is 1.09 bits per heavy atom. The fourth-order valence-corrected chi connectivity index (χ4v) is 4.16. The van der Waals surface area contributed by atoms with Crippen LogP contribution < -0.4 is 4.74 Å². The summed E-state index contributed by atoms with van der Waals surface area (Å²) in [6, 6.07) is 37.2. The minimum Gasteiger partial charge on any atom is -0.494 e. The molecule has 0 fully saturated rings. The van der Waals surface area contributed by atoms with Gasteiger partial charge in [-0.2, -0.15) is 0 Å². The van der Waals surface area contributed by atoms with Crippen LogP contribution in [0.25, 0.3) is 11.1 Å². The molecule has 0 aliphatic carbocycles. The quantitative estimate of drug-likeness (QED) is 0.267. The van der Waals surface area contributed by atoms with Gasteiger partial charge in [0.25, 0.3) is 0 Å². The number of benzene rings is 4. The van der Waals surface area contributed by atoms with E-state index in [-0.39, 0.29) is 0 Å². The van der Waals surface area contributed by atoms with Gasteiger partial charge in [0.05, 0.1) is 6.61 Å². The van der Waals surface area contributed by atoms with E-state index in [2.05, 4.69) is 97.9 Å². The summed E-state index contributed by atoms with van der Waals surface area (Å²) in [6.07, 6.45) is 3.21. The SMILES string of the molecule is CCOc1ccc(-c2ccc(CCc3ccc(C[C@@H](C)c4ccccc4)cc3)cc2)cc1. The molecular weight excluding hydrogens is 388 g/mol. The van der Waals surface area contributed by atoms with Gasteiger partial charge in [-0.15, -0.1) is 0 Å². The van der Waals surface area contributed by atoms with Crippen molar-refractivity contribution in [2.45, 2.75) is 39.0 Å². The van der Waals surface area contributed by atoms with E-state index in [1.165, 1.54) is 33.4 Å². The van der Waals surface area contributed by atoms with E-state index in [0.29, 0.717) is 12.5 Å². The maximum Gasteiger partial charge on any atom is 0.119 e. The van der Waals surface area contributed by atoms with Gasteiger partial charge in [0.15, 0.2) is 0 Å². The summed E-state index contributed by atoms with van der Waals surface area (Å²) in [4.78, 5) is 0. The van der Waals surface area contributed by atoms with Crippen molar-refractivity contribution in [3.05, 3.63) is 125 Å². The van der Waals surface area contributed by atoms with Crippen molar-refractivity contribution < 1.29 is 4.74 Å². The van der Waals surface area contributed by atoms with Gasteiger partial charge < -0.3 is 4.74 Å². The number of hydrogen-bond donors (Lipinski definition) is 0. The fraction of sp³-hybridized carbons (Fsp3) is 0.226. The molecule has 0 aliphatic rings. The molecule has 0 spiro atoms. The van der Waals surface area contributed by atoms with Gasteiger partial charge in [-0.3, -0.25) is 0 Å². The van der Waals surface area contributed by atoms with Gasteiger partial charge in [-0.25, -0.2) is 0 Å². The van der Waals surface area contributed by atoms with E-state index >= 15 is 0 Å². The lowest BCUT2D eigenvalue weighted by Crippen LogP contribution is -1.99. The molecule has 4 aromatic carbocycles. The van der Waals surface area contributed by atoms with E-state index in [9.17, 15) is 0 Å². The molecule has 0 N–H and O–H groups in total. The van der Waals surface area contributed by atoms with Crippen LogP contribution in [0.1, 0.15) is 42.0 Å². The van der Waals surface area contributed by atoms with E-state index in [0.717, 1.165) is 25.0 Å². The zero-order valence-electron chi connectivity index (χ0n) is 19.1. The Bertz CT molecular complexity index is 1080. The predicted molar refractivity (Wildman–Crippen MR) is 135 cm³/mol. The molecule has 32 heavy (non-hydrogen) atoms. The highest BCUT2D eigenvalue weighted by atomic mass is 16.5. The maximum absolute atomic E-state index is 5.54. The Kier molecular flexibility index (Phi) is 7.40. The topological polar surface area (TPSA) is 9.23 Å². The van der Waals surface area contributed by atoms with Gasteiger partial charge in [0.2, 0.25) is 0 Å². The van der Waals surface area contributed by atoms with Gasteiger partial charge in [-0.1, -0.05) is 97.9 Å². The van der Waals surface area contributed by atoms with E-state index in [4.69, 9.17) is 4.74 Å². The van der Waals surface area contributed by atoms with Crippen LogP contribution in [0.4, 0.5) is 0 Å². The molecule has 0 bridgehead atoms. The predicted octanol–water partition coefficient (Wildman–Crippen LogP) is 7.88. The number of hydrogen-bond acceptors (Lipinski definition) is 1. The maximum atomic E-state index is 5.54. The first-order valence-corrected chi connectivity index (χ1v) is 11.7. The lowest BCUT2D eigenvalue weighted by molar-refractivity contribution is 0.340. The van der Waals surface area contributed by atoms with Crippen LogP contribution >= 0.6 is 0 Å². The van der Waals surface area contributed by atoms with Gasteiger partial charge in [-0.05, 0) is 77.6 Å². The molecule has 0 amide bonds. The van der Waals surface area contributed by atoms with Crippen molar-refractivity contribution >= 4 is 0 Å². The molecule has 4 aromatic rings. The lowest BCUT2D eigenvalue weighted by Gasteiger charge is -2.12. The molecule has 0 radical (unpaired) electrons. The summed E-state index contributed by atoms with van der Waals surface area (Å²) in [5, 5.41) is 0. The summed E-state index contributed by atoms with van der Waals surface area (Å²) in [7, 11) is 0. The third kappa shape index (κ3) is 5.88. The van der Waals surface area contributed by atoms with Crippen LogP contribution in [0.5, 0.6) is 5.75 Å². The Balaban J connectivity index is 1.30. The minimum absolute atomic E-state index is 0.538. The van der Waals surface area contributed by atoms with Gasteiger partial charge in [0.1, 0.15) is 5.75 Å². The zero-order valence-corrected chi connectivity index (χ0v) is 19.1. The van der Waals surface area contributed by atoms with Crippen LogP contribution in [0, 0.1) is 0 Å². The molecular formula is C31H32O. The van der Waals surface area contributed by atoms with Crippen molar-refractivity contribution in [1.29, 1.82) is 0 Å². The van der Waals surface area contributed by atoms with Crippen molar-refractivity contribution in [1.82, 2.24) is 0 Å². The molecule has 162 valence electrons. The van der Waals surface area contributed by atoms with Crippen LogP contribution in [-0.2, 0) is 19.3 Å². The average Bonchev–Trinajstić information content (AvgIpc) is 2.85. The average molecular weight is 421 g/mol. The Morgan fingerprint density at radius 3 is 1.66 bits per heavy atom. The van der Waals surface area contributed by atoms with Crippen LogP contribution in [0.2, 0.25) is 0 Å². The first-order chi connectivity index (χ1) is 15.7. The van der Waals surface area contributed by atoms with Crippen LogP contribution in [-0.4, -0.2) is 6.61 Å². The van der Waals surface area contributed by atoms with E-state index < -0.39 is 0 Å². The van der Waals surface area contributed by atoms with E-state index in [1.807, 2.05) is 19.1 Å². The van der Waals surface area contributed by atoms with Crippen molar-refractivity contribution in [3.63, 3.8) is 0 Å². The molecule has 0 saturated heterocycles. The monoisotopic (exact) mass is 420 g/mol. The number of ether oxygens (including phenoxy) is 1. The number of rotatable bonds is 9. The summed E-state index contributed by atoms with van der Waals surface area (Å²) >= 11 is 0. The molecule has 0 aliphatic heterocycles. The Hall–Kier alpha value is -3.32. The second-order valence-electron chi connectivity index (χ2n) is 8.49. The molecule has 1 nitrogen and oxygen atoms in total. The highest BCUT2D eigenvalue weighted by Crippen LogP contribution is 2.24. The number of aryl methyl sites for hydroxylation is 2.